The Morgan fingerprint density at radius 3 is 2.43 bits per heavy atom. The summed E-state index contributed by atoms with van der Waals surface area (Å²) in [7, 11) is 0. The molecular weight excluding hydrogens is 298 g/mol. The Labute approximate surface area is 131 Å². The highest BCUT2D eigenvalue weighted by atomic mass is 16.6. The maximum atomic E-state index is 11.8. The van der Waals surface area contributed by atoms with Crippen molar-refractivity contribution in [3.05, 3.63) is 81.9 Å². The number of allylic oxidation sites excluding steroid dienone is 2. The molecule has 0 aliphatic rings. The van der Waals surface area contributed by atoms with Crippen LogP contribution >= 0.6 is 0 Å². The van der Waals surface area contributed by atoms with Crippen LogP contribution in [0.5, 0.6) is 5.75 Å². The van der Waals surface area contributed by atoms with Crippen molar-refractivity contribution in [1.82, 2.24) is 0 Å². The number of aliphatic hydroxyl groups is 1. The summed E-state index contributed by atoms with van der Waals surface area (Å²) in [5.74, 6) is -1.11. The number of ketones is 1. The standard InChI is InChI=1S/C17H13NO5/c19-13(11-17(21)14-6-2-4-8-16(14)20)10-9-12-5-1-3-7-15(12)18(22)23/h1-11,20-21H/b10-9+,17-11-. The molecule has 2 aromatic carbocycles. The second kappa shape index (κ2) is 7.04. The SMILES string of the molecule is O=C(/C=C(\O)c1ccccc1O)/C=C/c1ccccc1[N+](=O)[O-]. The van der Waals surface area contributed by atoms with Crippen molar-refractivity contribution in [2.24, 2.45) is 0 Å². The van der Waals surface area contributed by atoms with Crippen LogP contribution < -0.4 is 0 Å². The van der Waals surface area contributed by atoms with Crippen molar-refractivity contribution < 1.29 is 19.9 Å². The van der Waals surface area contributed by atoms with E-state index in [1.165, 1.54) is 36.4 Å². The maximum Gasteiger partial charge on any atom is 0.276 e. The zero-order valence-electron chi connectivity index (χ0n) is 11.9. The Bertz CT molecular complexity index is 808. The van der Waals surface area contributed by atoms with Gasteiger partial charge < -0.3 is 10.2 Å². The van der Waals surface area contributed by atoms with E-state index in [1.54, 1.807) is 18.2 Å². The third-order valence-electron chi connectivity index (χ3n) is 3.02. The molecule has 0 amide bonds. The van der Waals surface area contributed by atoms with Gasteiger partial charge in [-0.15, -0.1) is 0 Å². The molecule has 2 aromatic rings. The fourth-order valence-corrected chi connectivity index (χ4v) is 1.92. The number of rotatable bonds is 5. The summed E-state index contributed by atoms with van der Waals surface area (Å²) >= 11 is 0. The van der Waals surface area contributed by atoms with E-state index in [4.69, 9.17) is 0 Å². The molecule has 0 fully saturated rings. The predicted octanol–water partition coefficient (Wildman–Crippen LogP) is 3.48. The van der Waals surface area contributed by atoms with Gasteiger partial charge in [-0.3, -0.25) is 14.9 Å². The first kappa shape index (κ1) is 16.0. The van der Waals surface area contributed by atoms with Gasteiger partial charge in [0.15, 0.2) is 5.78 Å². The van der Waals surface area contributed by atoms with E-state index in [9.17, 15) is 25.1 Å². The summed E-state index contributed by atoms with van der Waals surface area (Å²) in [4.78, 5) is 22.1. The summed E-state index contributed by atoms with van der Waals surface area (Å²) in [5, 5.41) is 30.3. The molecule has 0 heterocycles. The van der Waals surface area contributed by atoms with Crippen LogP contribution in [-0.4, -0.2) is 20.9 Å². The Morgan fingerprint density at radius 1 is 1.09 bits per heavy atom. The van der Waals surface area contributed by atoms with Crippen molar-refractivity contribution >= 4 is 23.3 Å². The summed E-state index contributed by atoms with van der Waals surface area (Å²) in [5.41, 5.74) is 0.284. The second-order valence-electron chi connectivity index (χ2n) is 4.60. The molecule has 0 saturated heterocycles. The first-order valence-corrected chi connectivity index (χ1v) is 6.63. The molecule has 0 aliphatic heterocycles. The molecule has 6 nitrogen and oxygen atoms in total. The number of benzene rings is 2. The molecule has 0 aromatic heterocycles. The van der Waals surface area contributed by atoms with Gasteiger partial charge in [0, 0.05) is 12.1 Å². The zero-order valence-corrected chi connectivity index (χ0v) is 11.9. The summed E-state index contributed by atoms with van der Waals surface area (Å²) in [6.07, 6.45) is 3.34. The van der Waals surface area contributed by atoms with Crippen LogP contribution in [0, 0.1) is 10.1 Å². The van der Waals surface area contributed by atoms with Crippen molar-refractivity contribution in [1.29, 1.82) is 0 Å². The van der Waals surface area contributed by atoms with Gasteiger partial charge in [-0.05, 0) is 30.4 Å². The lowest BCUT2D eigenvalue weighted by molar-refractivity contribution is -0.385. The lowest BCUT2D eigenvalue weighted by Crippen LogP contribution is -1.93. The fraction of sp³-hybridized carbons (Fsp3) is 0. The lowest BCUT2D eigenvalue weighted by atomic mass is 10.1. The van der Waals surface area contributed by atoms with Gasteiger partial charge >= 0.3 is 0 Å². The van der Waals surface area contributed by atoms with Gasteiger partial charge in [0.2, 0.25) is 0 Å². The molecule has 0 spiro atoms. The minimum atomic E-state index is -0.566. The second-order valence-corrected chi connectivity index (χ2v) is 4.60. The lowest BCUT2D eigenvalue weighted by Gasteiger charge is -2.01. The number of carbonyl (C=O) groups is 1. The number of carbonyl (C=O) groups excluding carboxylic acids is 1. The van der Waals surface area contributed by atoms with E-state index in [0.29, 0.717) is 0 Å². The Hall–Kier alpha value is -3.41. The van der Waals surface area contributed by atoms with Gasteiger partial charge in [-0.1, -0.05) is 24.3 Å². The number of nitro benzene ring substituents is 1. The van der Waals surface area contributed by atoms with Gasteiger partial charge in [-0.25, -0.2) is 0 Å². The van der Waals surface area contributed by atoms with Crippen LogP contribution in [0.4, 0.5) is 5.69 Å². The predicted molar refractivity (Wildman–Crippen MR) is 85.9 cm³/mol. The molecule has 2 rings (SSSR count). The quantitative estimate of drug-likeness (QED) is 0.381. The van der Waals surface area contributed by atoms with Gasteiger partial charge in [-0.2, -0.15) is 0 Å². The van der Waals surface area contributed by atoms with Crippen molar-refractivity contribution in [3.63, 3.8) is 0 Å². The number of hydrogen-bond acceptors (Lipinski definition) is 5. The monoisotopic (exact) mass is 311 g/mol. The van der Waals surface area contributed by atoms with E-state index in [2.05, 4.69) is 0 Å². The topological polar surface area (TPSA) is 101 Å². The number of aliphatic hydroxyl groups excluding tert-OH is 1. The maximum absolute atomic E-state index is 11.8. The molecular formula is C17H13NO5. The number of phenols is 1. The van der Waals surface area contributed by atoms with Crippen LogP contribution in [0.2, 0.25) is 0 Å². The van der Waals surface area contributed by atoms with Crippen LogP contribution in [0.3, 0.4) is 0 Å². The Morgan fingerprint density at radius 2 is 1.74 bits per heavy atom. The van der Waals surface area contributed by atoms with Gasteiger partial charge in [0.05, 0.1) is 16.1 Å². The zero-order chi connectivity index (χ0) is 16.8. The van der Waals surface area contributed by atoms with Crippen molar-refractivity contribution in [3.8, 4) is 5.75 Å². The van der Waals surface area contributed by atoms with Crippen LogP contribution in [0.15, 0.2) is 60.7 Å². The molecule has 0 radical (unpaired) electrons. The van der Waals surface area contributed by atoms with E-state index in [0.717, 1.165) is 12.2 Å². The van der Waals surface area contributed by atoms with Gasteiger partial charge in [0.25, 0.3) is 5.69 Å². The largest absolute Gasteiger partial charge is 0.507 e. The summed E-state index contributed by atoms with van der Waals surface area (Å²) < 4.78 is 0. The smallest absolute Gasteiger partial charge is 0.276 e. The highest BCUT2D eigenvalue weighted by molar-refractivity contribution is 6.05. The highest BCUT2D eigenvalue weighted by Crippen LogP contribution is 2.23. The molecule has 2 N–H and O–H groups in total. The summed E-state index contributed by atoms with van der Waals surface area (Å²) in [6, 6.07) is 12.0. The first-order valence-electron chi connectivity index (χ1n) is 6.63. The molecule has 0 saturated carbocycles. The summed E-state index contributed by atoms with van der Waals surface area (Å²) in [6.45, 7) is 0. The van der Waals surface area contributed by atoms with Crippen molar-refractivity contribution in [2.45, 2.75) is 0 Å². The molecule has 0 bridgehead atoms. The van der Waals surface area contributed by atoms with E-state index in [1.807, 2.05) is 0 Å². The number of aromatic hydroxyl groups is 1. The number of phenolic OH excluding ortho intramolecular Hbond substituents is 1. The molecule has 6 heteroatoms. The Kier molecular flexibility index (Phi) is 4.89. The Balaban J connectivity index is 2.21. The van der Waals surface area contributed by atoms with Crippen molar-refractivity contribution in [2.75, 3.05) is 0 Å². The fourth-order valence-electron chi connectivity index (χ4n) is 1.92. The van der Waals surface area contributed by atoms with E-state index >= 15 is 0 Å². The minimum Gasteiger partial charge on any atom is -0.507 e. The third kappa shape index (κ3) is 4.04. The van der Waals surface area contributed by atoms with Gasteiger partial charge in [0.1, 0.15) is 11.5 Å². The first-order chi connectivity index (χ1) is 11.0. The number of nitrogens with zero attached hydrogens (tertiary/aromatic N) is 1. The third-order valence-corrected chi connectivity index (χ3v) is 3.02. The molecule has 116 valence electrons. The number of hydrogen-bond donors (Lipinski definition) is 2. The van der Waals surface area contributed by atoms with Crippen LogP contribution in [0.1, 0.15) is 11.1 Å². The molecule has 23 heavy (non-hydrogen) atoms. The average Bonchev–Trinajstić information content (AvgIpc) is 2.53. The average molecular weight is 311 g/mol. The molecule has 0 aliphatic carbocycles. The highest BCUT2D eigenvalue weighted by Gasteiger charge is 2.10. The van der Waals surface area contributed by atoms with E-state index < -0.39 is 10.7 Å². The molecule has 0 unspecified atom stereocenters. The minimum absolute atomic E-state index is 0.120. The molecule has 0 atom stereocenters. The van der Waals surface area contributed by atoms with Crippen LogP contribution in [-0.2, 0) is 4.79 Å². The number of para-hydroxylation sites is 2. The van der Waals surface area contributed by atoms with Crippen LogP contribution in [0.25, 0.3) is 11.8 Å². The normalized spacial score (nSPS) is 11.6. The number of nitro groups is 1. The van der Waals surface area contributed by atoms with E-state index in [-0.39, 0.29) is 28.3 Å².